The minimum atomic E-state index is -6.02. The number of benzene rings is 3. The molecular weight excluding hydrogens is 587 g/mol. The molecule has 0 saturated heterocycles. The maximum atomic E-state index is 13.5. The molecule has 0 fully saturated rings. The Labute approximate surface area is 234 Å². The van der Waals surface area contributed by atoms with Crippen molar-refractivity contribution in [2.24, 2.45) is 0 Å². The average molecular weight is 610 g/mol. The van der Waals surface area contributed by atoms with Crippen LogP contribution in [-0.2, 0) is 36.5 Å². The second kappa shape index (κ2) is 10.3. The molecule has 6 nitrogen and oxygen atoms in total. The fraction of sp³-hybridized carbons (Fsp3) is 0.214. The van der Waals surface area contributed by atoms with Gasteiger partial charge in [-0.3, -0.25) is 0 Å². The number of hydrogen-bond acceptors (Lipinski definition) is 5. The Balaban J connectivity index is 1.72. The van der Waals surface area contributed by atoms with Crippen molar-refractivity contribution in [2.45, 2.75) is 37.4 Å². The summed E-state index contributed by atoms with van der Waals surface area (Å²) in [6, 6.07) is 18.0. The van der Waals surface area contributed by atoms with Gasteiger partial charge in [-0.2, -0.15) is 21.6 Å². The molecule has 0 unspecified atom stereocenters. The molecule has 0 amide bonds. The lowest BCUT2D eigenvalue weighted by Gasteiger charge is -2.19. The second-order valence-corrected chi connectivity index (χ2v) is 13.2. The standard InChI is InChI=1S/C28H23ClF3NO5S2/c1-18-20(9-6-12-25(18)29)23-11-5-10-21-22-15-16-33(39(34,35)17-19-7-3-2-4-8-19)26(22)14-13-24(21)27(23)38-40(36,37)28(30,31)32/h2-4,6-9,12-16H,5,10-11,17H2,1H3. The summed E-state index contributed by atoms with van der Waals surface area (Å²) in [6.45, 7) is 1.69. The molecule has 0 bridgehead atoms. The minimum absolute atomic E-state index is 0.144. The Morgan fingerprint density at radius 3 is 2.33 bits per heavy atom. The molecule has 0 atom stereocenters. The van der Waals surface area contributed by atoms with Crippen molar-refractivity contribution in [3.63, 3.8) is 0 Å². The van der Waals surface area contributed by atoms with Crippen LogP contribution in [0, 0.1) is 6.92 Å². The van der Waals surface area contributed by atoms with Crippen LogP contribution in [0.3, 0.4) is 0 Å². The Morgan fingerprint density at radius 1 is 0.900 bits per heavy atom. The zero-order valence-electron chi connectivity index (χ0n) is 21.1. The largest absolute Gasteiger partial charge is 0.534 e. The number of allylic oxidation sites excluding steroid dienone is 1. The molecule has 40 heavy (non-hydrogen) atoms. The van der Waals surface area contributed by atoms with Crippen molar-refractivity contribution in [3.8, 4) is 0 Å². The zero-order valence-corrected chi connectivity index (χ0v) is 23.5. The number of aryl methyl sites for hydroxylation is 1. The molecule has 210 valence electrons. The third-order valence-electron chi connectivity index (χ3n) is 6.88. The summed E-state index contributed by atoms with van der Waals surface area (Å²) in [5.41, 5.74) is -2.80. The Kier molecular flexibility index (Phi) is 7.26. The van der Waals surface area contributed by atoms with Crippen molar-refractivity contribution >= 4 is 54.0 Å². The highest BCUT2D eigenvalue weighted by Crippen LogP contribution is 2.43. The predicted molar refractivity (Wildman–Crippen MR) is 148 cm³/mol. The van der Waals surface area contributed by atoms with Crippen LogP contribution < -0.4 is 0 Å². The molecule has 0 spiro atoms. The number of hydrogen-bond donors (Lipinski definition) is 0. The van der Waals surface area contributed by atoms with Gasteiger partial charge in [0.15, 0.2) is 5.76 Å². The normalized spacial score (nSPS) is 14.7. The summed E-state index contributed by atoms with van der Waals surface area (Å²) >= 11 is 6.29. The lowest BCUT2D eigenvalue weighted by Crippen LogP contribution is -2.25. The van der Waals surface area contributed by atoms with Crippen LogP contribution in [0.25, 0.3) is 22.2 Å². The maximum absolute atomic E-state index is 13.5. The van der Waals surface area contributed by atoms with E-state index in [0.29, 0.717) is 51.0 Å². The van der Waals surface area contributed by atoms with Gasteiger partial charge >= 0.3 is 15.6 Å². The van der Waals surface area contributed by atoms with Gasteiger partial charge in [-0.1, -0.05) is 54.1 Å². The van der Waals surface area contributed by atoms with Crippen LogP contribution in [0.1, 0.15) is 40.7 Å². The van der Waals surface area contributed by atoms with E-state index in [1.54, 1.807) is 61.5 Å². The van der Waals surface area contributed by atoms with E-state index in [9.17, 15) is 30.0 Å². The van der Waals surface area contributed by atoms with Crippen molar-refractivity contribution in [3.05, 3.63) is 106 Å². The summed E-state index contributed by atoms with van der Waals surface area (Å²) in [4.78, 5) is 0. The van der Waals surface area contributed by atoms with E-state index in [1.165, 1.54) is 18.3 Å². The van der Waals surface area contributed by atoms with Crippen LogP contribution in [-0.4, -0.2) is 26.3 Å². The molecule has 0 N–H and O–H groups in total. The van der Waals surface area contributed by atoms with E-state index in [4.69, 9.17) is 15.8 Å². The molecule has 1 heterocycles. The van der Waals surface area contributed by atoms with Crippen molar-refractivity contribution in [2.75, 3.05) is 0 Å². The Morgan fingerprint density at radius 2 is 1.62 bits per heavy atom. The monoisotopic (exact) mass is 609 g/mol. The molecule has 3 aromatic carbocycles. The van der Waals surface area contributed by atoms with Crippen LogP contribution in [0.5, 0.6) is 0 Å². The summed E-state index contributed by atoms with van der Waals surface area (Å²) in [6.07, 6.45) is 2.38. The van der Waals surface area contributed by atoms with Crippen LogP contribution in [0.15, 0.2) is 72.9 Å². The number of rotatable bonds is 6. The predicted octanol–water partition coefficient (Wildman–Crippen LogP) is 7.05. The first-order valence-corrected chi connectivity index (χ1v) is 15.6. The van der Waals surface area contributed by atoms with Crippen molar-refractivity contribution in [1.29, 1.82) is 0 Å². The first kappa shape index (κ1) is 28.3. The Hall–Kier alpha value is -3.28. The van der Waals surface area contributed by atoms with Gasteiger partial charge in [0.1, 0.15) is 0 Å². The number of halogens is 4. The molecule has 0 aliphatic heterocycles. The van der Waals surface area contributed by atoms with Gasteiger partial charge in [0.05, 0.1) is 11.3 Å². The van der Waals surface area contributed by atoms with Crippen molar-refractivity contribution < 1.29 is 34.2 Å². The van der Waals surface area contributed by atoms with E-state index in [1.807, 2.05) is 0 Å². The number of fused-ring (bicyclic) bond motifs is 3. The summed E-state index contributed by atoms with van der Waals surface area (Å²) in [5, 5.41) is 0.840. The third kappa shape index (κ3) is 5.13. The van der Waals surface area contributed by atoms with Gasteiger partial charge in [-0.05, 0) is 72.7 Å². The van der Waals surface area contributed by atoms with E-state index in [-0.39, 0.29) is 23.3 Å². The van der Waals surface area contributed by atoms with Gasteiger partial charge in [0.25, 0.3) is 0 Å². The molecule has 4 aromatic rings. The molecular formula is C28H23ClF3NO5S2. The van der Waals surface area contributed by atoms with Crippen LogP contribution >= 0.6 is 11.6 Å². The van der Waals surface area contributed by atoms with Gasteiger partial charge in [0.2, 0.25) is 10.0 Å². The van der Waals surface area contributed by atoms with Gasteiger partial charge in [-0.25, -0.2) is 12.4 Å². The minimum Gasteiger partial charge on any atom is -0.375 e. The van der Waals surface area contributed by atoms with Crippen molar-refractivity contribution in [1.82, 2.24) is 3.97 Å². The highest BCUT2D eigenvalue weighted by molar-refractivity contribution is 7.89. The number of aromatic nitrogens is 1. The zero-order chi connectivity index (χ0) is 28.9. The SMILES string of the molecule is Cc1c(Cl)cccc1C1=C(OS(=O)(=O)C(F)(F)F)c2ccc3c(ccn3S(=O)(=O)Cc3ccccc3)c2CCC1. The average Bonchev–Trinajstić information content (AvgIpc) is 3.25. The first-order chi connectivity index (χ1) is 18.8. The van der Waals surface area contributed by atoms with Crippen LogP contribution in [0.2, 0.25) is 5.02 Å². The third-order valence-corrected chi connectivity index (χ3v) is 9.86. The number of nitrogens with zero attached hydrogens (tertiary/aromatic N) is 1. The lowest BCUT2D eigenvalue weighted by molar-refractivity contribution is -0.0509. The molecule has 1 aliphatic carbocycles. The summed E-state index contributed by atoms with van der Waals surface area (Å²) in [7, 11) is -9.86. The van der Waals surface area contributed by atoms with E-state index >= 15 is 0 Å². The maximum Gasteiger partial charge on any atom is 0.534 e. The van der Waals surface area contributed by atoms with Gasteiger partial charge in [0, 0.05) is 27.7 Å². The highest BCUT2D eigenvalue weighted by atomic mass is 35.5. The molecule has 12 heteroatoms. The summed E-state index contributed by atoms with van der Waals surface area (Å²) in [5.74, 6) is -0.706. The van der Waals surface area contributed by atoms with Gasteiger partial charge in [-0.15, -0.1) is 0 Å². The fourth-order valence-electron chi connectivity index (χ4n) is 4.99. The molecule has 0 radical (unpaired) electrons. The molecule has 1 aliphatic rings. The molecule has 1 aromatic heterocycles. The van der Waals surface area contributed by atoms with Crippen LogP contribution in [0.4, 0.5) is 13.2 Å². The second-order valence-electron chi connectivity index (χ2n) is 9.43. The highest BCUT2D eigenvalue weighted by Gasteiger charge is 2.49. The number of alkyl halides is 3. The molecule has 0 saturated carbocycles. The summed E-state index contributed by atoms with van der Waals surface area (Å²) < 4.78 is 97.5. The quantitative estimate of drug-likeness (QED) is 0.173. The Bertz CT molecular complexity index is 1860. The van der Waals surface area contributed by atoms with E-state index < -0.39 is 31.4 Å². The van der Waals surface area contributed by atoms with E-state index in [2.05, 4.69) is 0 Å². The first-order valence-electron chi connectivity index (χ1n) is 12.2. The molecule has 5 rings (SSSR count). The van der Waals surface area contributed by atoms with E-state index in [0.717, 1.165) is 3.97 Å². The van der Waals surface area contributed by atoms with Gasteiger partial charge < -0.3 is 4.18 Å². The smallest absolute Gasteiger partial charge is 0.375 e. The topological polar surface area (TPSA) is 82.4 Å². The fourth-order valence-corrected chi connectivity index (χ4v) is 7.13. The lowest BCUT2D eigenvalue weighted by atomic mass is 9.95.